The Hall–Kier alpha value is -2.63. The number of carbonyl (C=O) groups is 1. The average molecular weight is 360 g/mol. The van der Waals surface area contributed by atoms with Crippen LogP contribution in [-0.2, 0) is 6.54 Å². The standard InChI is InChI=1S/C19H17FN2O2.ClH/c20-16-9-5-4-8-14(16)18-15(19(23)24)12-17(22(18)11-10-21)13-6-2-1-3-7-13;/h1-9,12H,10-11,21H2,(H,23,24);1H/p-1. The number of nitrogens with two attached hydrogens (primary N) is 1. The summed E-state index contributed by atoms with van der Waals surface area (Å²) in [5.41, 5.74) is 7.93. The van der Waals surface area contributed by atoms with Crippen molar-refractivity contribution in [3.8, 4) is 22.5 Å². The molecule has 0 unspecified atom stereocenters. The molecule has 3 rings (SSSR count). The van der Waals surface area contributed by atoms with E-state index in [4.69, 9.17) is 5.73 Å². The summed E-state index contributed by atoms with van der Waals surface area (Å²) in [4.78, 5) is 11.7. The van der Waals surface area contributed by atoms with Crippen molar-refractivity contribution < 1.29 is 26.7 Å². The molecule has 0 amide bonds. The molecule has 3 N–H and O–H groups in total. The molecule has 3 aromatic rings. The van der Waals surface area contributed by atoms with Crippen LogP contribution in [0.5, 0.6) is 0 Å². The van der Waals surface area contributed by atoms with E-state index in [-0.39, 0.29) is 23.5 Å². The quantitative estimate of drug-likeness (QED) is 0.702. The Labute approximate surface area is 151 Å². The van der Waals surface area contributed by atoms with Crippen molar-refractivity contribution in [2.45, 2.75) is 6.54 Å². The minimum atomic E-state index is -1.10. The zero-order valence-corrected chi connectivity index (χ0v) is 14.1. The van der Waals surface area contributed by atoms with Crippen LogP contribution < -0.4 is 18.1 Å². The molecule has 1 aromatic heterocycles. The van der Waals surface area contributed by atoms with Crippen molar-refractivity contribution in [1.29, 1.82) is 0 Å². The summed E-state index contributed by atoms with van der Waals surface area (Å²) in [5.74, 6) is -1.56. The third-order valence-corrected chi connectivity index (χ3v) is 3.88. The molecule has 0 atom stereocenters. The fourth-order valence-corrected chi connectivity index (χ4v) is 2.87. The molecule has 0 saturated carbocycles. The Morgan fingerprint density at radius 3 is 2.32 bits per heavy atom. The van der Waals surface area contributed by atoms with Gasteiger partial charge in [0.15, 0.2) is 0 Å². The van der Waals surface area contributed by atoms with Gasteiger partial charge in [0.25, 0.3) is 0 Å². The maximum Gasteiger partial charge on any atom is 0.337 e. The van der Waals surface area contributed by atoms with Gasteiger partial charge in [-0.05, 0) is 23.8 Å². The van der Waals surface area contributed by atoms with E-state index in [1.807, 2.05) is 30.3 Å². The number of nitrogens with zero attached hydrogens (tertiary/aromatic N) is 1. The second kappa shape index (κ2) is 7.96. The topological polar surface area (TPSA) is 68.2 Å². The van der Waals surface area contributed by atoms with Crippen LogP contribution in [0.25, 0.3) is 22.5 Å². The van der Waals surface area contributed by atoms with E-state index >= 15 is 0 Å². The minimum Gasteiger partial charge on any atom is -1.00 e. The predicted molar refractivity (Wildman–Crippen MR) is 91.3 cm³/mol. The summed E-state index contributed by atoms with van der Waals surface area (Å²) < 4.78 is 16.1. The molecule has 0 saturated heterocycles. The Balaban J connectivity index is 0.00000225. The molecular formula is C19H17ClFN2O2-. The van der Waals surface area contributed by atoms with E-state index in [1.165, 1.54) is 6.07 Å². The summed E-state index contributed by atoms with van der Waals surface area (Å²) in [6.07, 6.45) is 0. The molecule has 0 aliphatic rings. The molecule has 0 radical (unpaired) electrons. The van der Waals surface area contributed by atoms with Crippen molar-refractivity contribution >= 4 is 5.97 Å². The summed E-state index contributed by atoms with van der Waals surface area (Å²) in [7, 11) is 0. The van der Waals surface area contributed by atoms with Crippen LogP contribution in [0.3, 0.4) is 0 Å². The fourth-order valence-electron chi connectivity index (χ4n) is 2.87. The molecule has 1 heterocycles. The Morgan fingerprint density at radius 2 is 1.72 bits per heavy atom. The summed E-state index contributed by atoms with van der Waals surface area (Å²) in [5, 5.41) is 9.60. The molecule has 6 heteroatoms. The largest absolute Gasteiger partial charge is 1.00 e. The van der Waals surface area contributed by atoms with E-state index in [2.05, 4.69) is 0 Å². The Kier molecular flexibility index (Phi) is 5.96. The third kappa shape index (κ3) is 3.57. The zero-order chi connectivity index (χ0) is 17.1. The van der Waals surface area contributed by atoms with E-state index in [0.29, 0.717) is 24.5 Å². The molecule has 4 nitrogen and oxygen atoms in total. The highest BCUT2D eigenvalue weighted by Crippen LogP contribution is 2.34. The predicted octanol–water partition coefficient (Wildman–Crippen LogP) is 0.622. The van der Waals surface area contributed by atoms with E-state index in [0.717, 1.165) is 5.56 Å². The molecule has 25 heavy (non-hydrogen) atoms. The van der Waals surface area contributed by atoms with Crippen molar-refractivity contribution in [3.05, 3.63) is 72.0 Å². The van der Waals surface area contributed by atoms with Crippen molar-refractivity contribution in [2.24, 2.45) is 5.73 Å². The lowest BCUT2D eigenvalue weighted by Gasteiger charge is -2.14. The van der Waals surface area contributed by atoms with E-state index < -0.39 is 11.8 Å². The number of carboxylic acid groups (broad SMARTS) is 1. The molecule has 0 bridgehead atoms. The second-order valence-corrected chi connectivity index (χ2v) is 5.38. The number of halogens is 2. The summed E-state index contributed by atoms with van der Waals surface area (Å²) >= 11 is 0. The van der Waals surface area contributed by atoms with E-state index in [9.17, 15) is 14.3 Å². The first-order valence-electron chi connectivity index (χ1n) is 7.60. The van der Waals surface area contributed by atoms with Gasteiger partial charge in [0.05, 0.1) is 11.3 Å². The van der Waals surface area contributed by atoms with Crippen LogP contribution in [0, 0.1) is 5.82 Å². The lowest BCUT2D eigenvalue weighted by Crippen LogP contribution is -3.00. The van der Waals surface area contributed by atoms with Crippen LogP contribution in [0.2, 0.25) is 0 Å². The van der Waals surface area contributed by atoms with Crippen LogP contribution in [0.1, 0.15) is 10.4 Å². The van der Waals surface area contributed by atoms with Gasteiger partial charge in [-0.25, -0.2) is 9.18 Å². The van der Waals surface area contributed by atoms with Gasteiger partial charge in [0, 0.05) is 24.3 Å². The highest BCUT2D eigenvalue weighted by Gasteiger charge is 2.23. The van der Waals surface area contributed by atoms with Crippen LogP contribution >= 0.6 is 0 Å². The molecule has 2 aromatic carbocycles. The summed E-state index contributed by atoms with van der Waals surface area (Å²) in [6, 6.07) is 17.2. The first-order valence-corrected chi connectivity index (χ1v) is 7.60. The van der Waals surface area contributed by atoms with Crippen LogP contribution in [0.4, 0.5) is 4.39 Å². The summed E-state index contributed by atoms with van der Waals surface area (Å²) in [6.45, 7) is 0.705. The van der Waals surface area contributed by atoms with E-state index in [1.54, 1.807) is 28.8 Å². The van der Waals surface area contributed by atoms with Gasteiger partial charge in [-0.1, -0.05) is 42.5 Å². The lowest BCUT2D eigenvalue weighted by molar-refractivity contribution is -0.0000210. The minimum absolute atomic E-state index is 0. The van der Waals surface area contributed by atoms with Gasteiger partial charge in [-0.2, -0.15) is 0 Å². The van der Waals surface area contributed by atoms with Gasteiger partial charge in [0.2, 0.25) is 0 Å². The van der Waals surface area contributed by atoms with Gasteiger partial charge in [-0.15, -0.1) is 0 Å². The fraction of sp³-hybridized carbons (Fsp3) is 0.105. The number of aromatic carboxylic acids is 1. The maximum atomic E-state index is 14.3. The lowest BCUT2D eigenvalue weighted by atomic mass is 10.1. The van der Waals surface area contributed by atoms with Gasteiger partial charge in [-0.3, -0.25) is 0 Å². The molecule has 130 valence electrons. The molecule has 0 spiro atoms. The molecular weight excluding hydrogens is 343 g/mol. The average Bonchev–Trinajstić information content (AvgIpc) is 2.96. The van der Waals surface area contributed by atoms with Crippen LogP contribution in [-0.4, -0.2) is 22.2 Å². The molecule has 0 aliphatic heterocycles. The highest BCUT2D eigenvalue weighted by molar-refractivity contribution is 5.97. The number of carboxylic acids is 1. The third-order valence-electron chi connectivity index (χ3n) is 3.88. The molecule has 0 fully saturated rings. The second-order valence-electron chi connectivity index (χ2n) is 5.38. The smallest absolute Gasteiger partial charge is 0.337 e. The number of benzene rings is 2. The Morgan fingerprint density at radius 1 is 1.08 bits per heavy atom. The monoisotopic (exact) mass is 359 g/mol. The zero-order valence-electron chi connectivity index (χ0n) is 13.3. The normalized spacial score (nSPS) is 10.3. The van der Waals surface area contributed by atoms with Crippen LogP contribution in [0.15, 0.2) is 60.7 Å². The number of hydrogen-bond acceptors (Lipinski definition) is 2. The van der Waals surface area contributed by atoms with Gasteiger partial charge in [0.1, 0.15) is 5.82 Å². The van der Waals surface area contributed by atoms with Crippen molar-refractivity contribution in [2.75, 3.05) is 6.54 Å². The number of hydrogen-bond donors (Lipinski definition) is 2. The Bertz CT molecular complexity index is 878. The van der Waals surface area contributed by atoms with Gasteiger partial charge < -0.3 is 27.8 Å². The number of aromatic nitrogens is 1. The van der Waals surface area contributed by atoms with Crippen molar-refractivity contribution in [3.63, 3.8) is 0 Å². The van der Waals surface area contributed by atoms with Gasteiger partial charge >= 0.3 is 5.97 Å². The SMILES string of the molecule is NCCn1c(-c2ccccc2)cc(C(=O)O)c1-c1ccccc1F.[Cl-]. The molecule has 0 aliphatic carbocycles. The van der Waals surface area contributed by atoms with Crippen molar-refractivity contribution in [1.82, 2.24) is 4.57 Å². The first-order chi connectivity index (χ1) is 11.6. The number of rotatable bonds is 5. The highest BCUT2D eigenvalue weighted by atomic mass is 35.5. The first kappa shape index (κ1) is 18.7. The maximum absolute atomic E-state index is 14.3.